The summed E-state index contributed by atoms with van der Waals surface area (Å²) >= 11 is 0. The maximum absolute atomic E-state index is 12.6. The number of ether oxygens (including phenoxy) is 1. The lowest BCUT2D eigenvalue weighted by molar-refractivity contribution is -0.301. The number of carboxylic acids is 1. The number of β-lactam (4-membered cyclic amide) rings is 1. The molecule has 1 fully saturated rings. The lowest BCUT2D eigenvalue weighted by atomic mass is 10.0. The van der Waals surface area contributed by atoms with E-state index in [0.29, 0.717) is 10.6 Å². The van der Waals surface area contributed by atoms with Gasteiger partial charge in [0.15, 0.2) is 15.2 Å². The number of esters is 1. The third kappa shape index (κ3) is 3.35. The van der Waals surface area contributed by atoms with Gasteiger partial charge in [0, 0.05) is 18.2 Å². The highest BCUT2D eigenvalue weighted by Gasteiger charge is 2.55. The second kappa shape index (κ2) is 6.95. The molecule has 1 saturated heterocycles. The van der Waals surface area contributed by atoms with Crippen LogP contribution >= 0.6 is 0 Å². The largest absolute Gasteiger partial charge is 0.543 e. The molecule has 1 aromatic rings. The first kappa shape index (κ1) is 18.8. The normalized spacial score (nSPS) is 22.3. The van der Waals surface area contributed by atoms with Crippen molar-refractivity contribution >= 4 is 33.8 Å². The molecule has 0 spiro atoms. The van der Waals surface area contributed by atoms with Gasteiger partial charge in [-0.05, 0) is 18.2 Å². The molecule has 9 nitrogen and oxygen atoms in total. The molecule has 0 radical (unpaired) electrons. The number of nitrogens with zero attached hydrogens (tertiary/aromatic N) is 2. The fourth-order valence-corrected chi connectivity index (χ4v) is 4.88. The Balaban J connectivity index is 2.01. The monoisotopic (exact) mass is 391 g/mol. The minimum Gasteiger partial charge on any atom is -0.543 e. The summed E-state index contributed by atoms with van der Waals surface area (Å²) in [4.78, 5) is 40.0. The number of aromatic nitrogens is 1. The van der Waals surface area contributed by atoms with Gasteiger partial charge in [0.25, 0.3) is 5.91 Å². The molecule has 142 valence electrons. The molecule has 0 N–H and O–H groups in total. The SMILES string of the molecule is CCC(=O)OCC1=C(C(=O)[O-])N2C(=O)/C(=C/c3ccccn3)C2S(=O)(=O)C1. The van der Waals surface area contributed by atoms with E-state index < -0.39 is 51.1 Å². The number of rotatable bonds is 5. The van der Waals surface area contributed by atoms with E-state index in [1.165, 1.54) is 19.2 Å². The highest BCUT2D eigenvalue weighted by Crippen LogP contribution is 2.40. The molecule has 1 amide bonds. The highest BCUT2D eigenvalue weighted by molar-refractivity contribution is 7.92. The van der Waals surface area contributed by atoms with E-state index in [9.17, 15) is 27.9 Å². The zero-order valence-corrected chi connectivity index (χ0v) is 15.1. The number of amides is 1. The first-order chi connectivity index (χ1) is 12.8. The van der Waals surface area contributed by atoms with E-state index >= 15 is 0 Å². The van der Waals surface area contributed by atoms with Crippen LogP contribution < -0.4 is 5.11 Å². The molecule has 2 aliphatic heterocycles. The fraction of sp³-hybridized carbons (Fsp3) is 0.294. The summed E-state index contributed by atoms with van der Waals surface area (Å²) in [7, 11) is -3.93. The molecule has 2 aliphatic rings. The van der Waals surface area contributed by atoms with E-state index in [1.54, 1.807) is 18.2 Å². The van der Waals surface area contributed by atoms with Crippen LogP contribution in [0.3, 0.4) is 0 Å². The van der Waals surface area contributed by atoms with Crippen LogP contribution in [0.4, 0.5) is 0 Å². The van der Waals surface area contributed by atoms with Gasteiger partial charge in [-0.2, -0.15) is 0 Å². The zero-order chi connectivity index (χ0) is 19.8. The first-order valence-corrected chi connectivity index (χ1v) is 9.74. The molecule has 27 heavy (non-hydrogen) atoms. The number of fused-ring (bicyclic) bond motifs is 1. The predicted octanol–water partition coefficient (Wildman–Crippen LogP) is -0.981. The maximum atomic E-state index is 12.6. The van der Waals surface area contributed by atoms with Crippen molar-refractivity contribution in [1.82, 2.24) is 9.88 Å². The molecule has 1 aromatic heterocycles. The van der Waals surface area contributed by atoms with Gasteiger partial charge in [-0.1, -0.05) is 13.0 Å². The van der Waals surface area contributed by atoms with E-state index in [4.69, 9.17) is 4.74 Å². The topological polar surface area (TPSA) is 134 Å². The molecule has 0 saturated carbocycles. The molecule has 10 heteroatoms. The molecule has 1 atom stereocenters. The van der Waals surface area contributed by atoms with E-state index in [1.807, 2.05) is 0 Å². The van der Waals surface area contributed by atoms with Crippen molar-refractivity contribution in [2.75, 3.05) is 12.4 Å². The summed E-state index contributed by atoms with van der Waals surface area (Å²) < 4.78 is 30.1. The van der Waals surface area contributed by atoms with Crippen molar-refractivity contribution in [3.05, 3.63) is 46.9 Å². The van der Waals surface area contributed by atoms with Crippen LogP contribution in [0.1, 0.15) is 19.0 Å². The molecular weight excluding hydrogens is 376 g/mol. The quantitative estimate of drug-likeness (QED) is 0.355. The van der Waals surface area contributed by atoms with Gasteiger partial charge in [0.05, 0.1) is 28.7 Å². The predicted molar refractivity (Wildman–Crippen MR) is 89.9 cm³/mol. The van der Waals surface area contributed by atoms with Gasteiger partial charge in [-0.3, -0.25) is 19.5 Å². The van der Waals surface area contributed by atoms with Crippen LogP contribution in [0.5, 0.6) is 0 Å². The van der Waals surface area contributed by atoms with Gasteiger partial charge in [0.2, 0.25) is 0 Å². The van der Waals surface area contributed by atoms with Gasteiger partial charge in [-0.25, -0.2) is 8.42 Å². The Morgan fingerprint density at radius 3 is 2.74 bits per heavy atom. The lowest BCUT2D eigenvalue weighted by Crippen LogP contribution is -2.63. The Bertz CT molecular complexity index is 980. The van der Waals surface area contributed by atoms with Crippen molar-refractivity contribution in [3.8, 4) is 0 Å². The van der Waals surface area contributed by atoms with Crippen molar-refractivity contribution < 1.29 is 32.6 Å². The number of hydrogen-bond donors (Lipinski definition) is 0. The van der Waals surface area contributed by atoms with Gasteiger partial charge < -0.3 is 14.6 Å². The Kier molecular flexibility index (Phi) is 4.83. The first-order valence-electron chi connectivity index (χ1n) is 8.03. The van der Waals surface area contributed by atoms with Crippen LogP contribution in [0, 0.1) is 0 Å². The number of hydrogen-bond acceptors (Lipinski definition) is 8. The highest BCUT2D eigenvalue weighted by atomic mass is 32.2. The van der Waals surface area contributed by atoms with Gasteiger partial charge in [-0.15, -0.1) is 0 Å². The molecule has 0 aromatic carbocycles. The number of carbonyl (C=O) groups is 3. The standard InChI is InChI=1S/C17H16N2O7S/c1-2-13(20)26-8-10-9-27(24,25)16-12(7-11-5-3-4-6-18-11)15(21)19(16)14(10)17(22)23/h3-7,16H,2,8-9H2,1H3,(H,22,23)/p-1/b12-7-. The summed E-state index contributed by atoms with van der Waals surface area (Å²) in [6.45, 7) is 1.00. The molecule has 3 rings (SSSR count). The fourth-order valence-electron chi connectivity index (χ4n) is 2.93. The molecule has 1 unspecified atom stereocenters. The van der Waals surface area contributed by atoms with E-state index in [-0.39, 0.29) is 17.6 Å². The van der Waals surface area contributed by atoms with Crippen LogP contribution in [0.2, 0.25) is 0 Å². The van der Waals surface area contributed by atoms with Crippen LogP contribution in [0.25, 0.3) is 6.08 Å². The summed E-state index contributed by atoms with van der Waals surface area (Å²) in [6.07, 6.45) is 2.84. The lowest BCUT2D eigenvalue weighted by Gasteiger charge is -2.47. The van der Waals surface area contributed by atoms with Gasteiger partial charge in [0.1, 0.15) is 6.61 Å². The summed E-state index contributed by atoms with van der Waals surface area (Å²) in [5.74, 6) is -3.75. The minimum atomic E-state index is -3.93. The van der Waals surface area contributed by atoms with Crippen LogP contribution in [-0.4, -0.2) is 53.9 Å². The molecular formula is C17H15N2O7S-. The maximum Gasteiger partial charge on any atom is 0.305 e. The average molecular weight is 391 g/mol. The van der Waals surface area contributed by atoms with Gasteiger partial charge >= 0.3 is 5.97 Å². The number of carbonyl (C=O) groups excluding carboxylic acids is 3. The Hall–Kier alpha value is -3.01. The van der Waals surface area contributed by atoms with E-state index in [0.717, 1.165) is 0 Å². The smallest absolute Gasteiger partial charge is 0.305 e. The summed E-state index contributed by atoms with van der Waals surface area (Å²) in [6, 6.07) is 4.92. The van der Waals surface area contributed by atoms with Crippen molar-refractivity contribution in [2.24, 2.45) is 0 Å². The Morgan fingerprint density at radius 2 is 2.15 bits per heavy atom. The third-order valence-electron chi connectivity index (χ3n) is 4.14. The summed E-state index contributed by atoms with van der Waals surface area (Å²) in [5.41, 5.74) is -0.463. The average Bonchev–Trinajstić information content (AvgIpc) is 2.63. The molecule has 3 heterocycles. The van der Waals surface area contributed by atoms with Crippen LogP contribution in [-0.2, 0) is 29.0 Å². The van der Waals surface area contributed by atoms with Crippen LogP contribution in [0.15, 0.2) is 41.2 Å². The third-order valence-corrected chi connectivity index (χ3v) is 6.03. The number of pyridine rings is 1. The van der Waals surface area contributed by atoms with Crippen molar-refractivity contribution in [1.29, 1.82) is 0 Å². The Morgan fingerprint density at radius 1 is 1.41 bits per heavy atom. The Labute approximate surface area is 154 Å². The zero-order valence-electron chi connectivity index (χ0n) is 14.2. The second-order valence-electron chi connectivity index (χ2n) is 5.94. The van der Waals surface area contributed by atoms with Crippen molar-refractivity contribution in [3.63, 3.8) is 0 Å². The summed E-state index contributed by atoms with van der Waals surface area (Å²) in [5, 5.41) is 10.1. The number of aliphatic carboxylic acids is 1. The minimum absolute atomic E-state index is 0.0446. The van der Waals surface area contributed by atoms with E-state index in [2.05, 4.69) is 4.98 Å². The molecule has 0 aliphatic carbocycles. The molecule has 0 bridgehead atoms. The number of sulfone groups is 1. The van der Waals surface area contributed by atoms with Crippen molar-refractivity contribution in [2.45, 2.75) is 18.7 Å². The number of carboxylic acid groups (broad SMARTS) is 1. The second-order valence-corrected chi connectivity index (χ2v) is 8.00.